The van der Waals surface area contributed by atoms with Crippen molar-refractivity contribution in [3.8, 4) is 5.75 Å². The molecule has 0 unspecified atom stereocenters. The second-order valence-corrected chi connectivity index (χ2v) is 7.26. The van der Waals surface area contributed by atoms with Gasteiger partial charge in [0.05, 0.1) is 4.47 Å². The maximum atomic E-state index is 6.02. The number of hydrogen-bond donors (Lipinski definition) is 0. The van der Waals surface area contributed by atoms with Gasteiger partial charge in [0.1, 0.15) is 12.4 Å². The first-order valence-electron chi connectivity index (χ1n) is 7.99. The number of halogens is 1. The number of hydrogen-bond acceptors (Lipinski definition) is 1. The third-order valence-electron chi connectivity index (χ3n) is 4.11. The molecule has 0 spiro atoms. The molecule has 0 radical (unpaired) electrons. The molecule has 0 bridgehead atoms. The maximum Gasteiger partial charge on any atom is 0.134 e. The first kappa shape index (κ1) is 17.1. The van der Waals surface area contributed by atoms with Gasteiger partial charge in [-0.2, -0.15) is 0 Å². The van der Waals surface area contributed by atoms with Gasteiger partial charge in [-0.15, -0.1) is 0 Å². The molecule has 2 aromatic rings. The predicted octanol–water partition coefficient (Wildman–Crippen LogP) is 6.50. The summed E-state index contributed by atoms with van der Waals surface area (Å²) in [5.74, 6) is 0.922. The lowest BCUT2D eigenvalue weighted by atomic mass is 9.80. The van der Waals surface area contributed by atoms with Crippen LogP contribution in [0.1, 0.15) is 51.2 Å². The molecule has 0 amide bonds. The fraction of sp³-hybridized carbons (Fsp3) is 0.400. The molecule has 22 heavy (non-hydrogen) atoms. The van der Waals surface area contributed by atoms with E-state index in [0.717, 1.165) is 10.2 Å². The van der Waals surface area contributed by atoms with Crippen molar-refractivity contribution in [2.45, 2.75) is 52.1 Å². The lowest BCUT2D eigenvalue weighted by Crippen LogP contribution is -2.17. The summed E-state index contributed by atoms with van der Waals surface area (Å²) in [4.78, 5) is 0. The molecule has 0 aliphatic carbocycles. The highest BCUT2D eigenvalue weighted by Gasteiger charge is 2.21. The SMILES string of the molecule is CCCCC(C)(C)c1ccc(Br)c(OCc2ccccc2)c1. The van der Waals surface area contributed by atoms with Crippen molar-refractivity contribution in [2.75, 3.05) is 0 Å². The van der Waals surface area contributed by atoms with Crippen LogP contribution in [0.4, 0.5) is 0 Å². The minimum atomic E-state index is 0.182. The Bertz CT molecular complexity index is 590. The normalized spacial score (nSPS) is 11.5. The lowest BCUT2D eigenvalue weighted by molar-refractivity contribution is 0.303. The Labute approximate surface area is 142 Å². The topological polar surface area (TPSA) is 9.23 Å². The standard InChI is InChI=1S/C20H25BrO/c1-4-5-13-20(2,3)17-11-12-18(21)19(14-17)22-15-16-9-7-6-8-10-16/h6-12,14H,4-5,13,15H2,1-3H3. The molecule has 0 fully saturated rings. The third kappa shape index (κ3) is 4.61. The van der Waals surface area contributed by atoms with Gasteiger partial charge in [-0.1, -0.05) is 70.0 Å². The van der Waals surface area contributed by atoms with E-state index in [2.05, 4.69) is 67.0 Å². The van der Waals surface area contributed by atoms with Crippen LogP contribution in [0.5, 0.6) is 5.75 Å². The zero-order chi connectivity index (χ0) is 16.0. The first-order chi connectivity index (χ1) is 10.5. The van der Waals surface area contributed by atoms with Gasteiger partial charge in [0.25, 0.3) is 0 Å². The monoisotopic (exact) mass is 360 g/mol. The van der Waals surface area contributed by atoms with Crippen molar-refractivity contribution in [1.82, 2.24) is 0 Å². The van der Waals surface area contributed by atoms with Gasteiger partial charge in [0.15, 0.2) is 0 Å². The van der Waals surface area contributed by atoms with Crippen LogP contribution >= 0.6 is 15.9 Å². The molecule has 0 aliphatic rings. The Hall–Kier alpha value is -1.28. The molecular formula is C20H25BrO. The molecule has 0 heterocycles. The zero-order valence-corrected chi connectivity index (χ0v) is 15.3. The van der Waals surface area contributed by atoms with Gasteiger partial charge >= 0.3 is 0 Å². The molecule has 118 valence electrons. The van der Waals surface area contributed by atoms with Gasteiger partial charge in [0.2, 0.25) is 0 Å². The van der Waals surface area contributed by atoms with E-state index in [4.69, 9.17) is 4.74 Å². The van der Waals surface area contributed by atoms with Crippen molar-refractivity contribution >= 4 is 15.9 Å². The fourth-order valence-corrected chi connectivity index (χ4v) is 2.89. The lowest BCUT2D eigenvalue weighted by Gasteiger charge is -2.26. The summed E-state index contributed by atoms with van der Waals surface area (Å²) in [7, 11) is 0. The van der Waals surface area contributed by atoms with E-state index in [1.54, 1.807) is 0 Å². The molecule has 1 nitrogen and oxygen atoms in total. The van der Waals surface area contributed by atoms with E-state index in [1.807, 2.05) is 18.2 Å². The predicted molar refractivity (Wildman–Crippen MR) is 97.5 cm³/mol. The van der Waals surface area contributed by atoms with Crippen molar-refractivity contribution in [1.29, 1.82) is 0 Å². The molecular weight excluding hydrogens is 336 g/mol. The Balaban J connectivity index is 2.13. The van der Waals surface area contributed by atoms with Gasteiger partial charge < -0.3 is 4.74 Å². The van der Waals surface area contributed by atoms with E-state index >= 15 is 0 Å². The molecule has 0 saturated heterocycles. The highest BCUT2D eigenvalue weighted by Crippen LogP contribution is 2.35. The average Bonchev–Trinajstić information content (AvgIpc) is 2.53. The van der Waals surface area contributed by atoms with Crippen LogP contribution < -0.4 is 4.74 Å². The molecule has 0 atom stereocenters. The van der Waals surface area contributed by atoms with Crippen molar-refractivity contribution in [3.63, 3.8) is 0 Å². The smallest absolute Gasteiger partial charge is 0.134 e. The van der Waals surface area contributed by atoms with Crippen LogP contribution in [0.2, 0.25) is 0 Å². The van der Waals surface area contributed by atoms with Gasteiger partial charge in [-0.25, -0.2) is 0 Å². The molecule has 2 rings (SSSR count). The number of unbranched alkanes of at least 4 members (excludes halogenated alkanes) is 1. The van der Waals surface area contributed by atoms with E-state index < -0.39 is 0 Å². The second-order valence-electron chi connectivity index (χ2n) is 6.41. The van der Waals surface area contributed by atoms with Crippen LogP contribution in [0.15, 0.2) is 53.0 Å². The summed E-state index contributed by atoms with van der Waals surface area (Å²) in [6.45, 7) is 7.46. The van der Waals surface area contributed by atoms with Crippen LogP contribution in [0, 0.1) is 0 Å². The maximum absolute atomic E-state index is 6.02. The van der Waals surface area contributed by atoms with E-state index in [9.17, 15) is 0 Å². The summed E-state index contributed by atoms with van der Waals surface area (Å²) in [5, 5.41) is 0. The van der Waals surface area contributed by atoms with E-state index in [1.165, 1.54) is 30.4 Å². The van der Waals surface area contributed by atoms with Crippen molar-refractivity contribution in [3.05, 3.63) is 64.1 Å². The van der Waals surface area contributed by atoms with Crippen LogP contribution in [-0.4, -0.2) is 0 Å². The fourth-order valence-electron chi connectivity index (χ4n) is 2.53. The van der Waals surface area contributed by atoms with Crippen molar-refractivity contribution < 1.29 is 4.74 Å². The Morgan fingerprint density at radius 1 is 1.05 bits per heavy atom. The summed E-state index contributed by atoms with van der Waals surface area (Å²) in [5.41, 5.74) is 2.71. The molecule has 2 aromatic carbocycles. The average molecular weight is 361 g/mol. The van der Waals surface area contributed by atoms with Gasteiger partial charge in [0, 0.05) is 0 Å². The minimum Gasteiger partial charge on any atom is -0.488 e. The van der Waals surface area contributed by atoms with Gasteiger partial charge in [-0.3, -0.25) is 0 Å². The number of benzene rings is 2. The molecule has 0 aliphatic heterocycles. The van der Waals surface area contributed by atoms with E-state index in [-0.39, 0.29) is 5.41 Å². The highest BCUT2D eigenvalue weighted by molar-refractivity contribution is 9.10. The van der Waals surface area contributed by atoms with E-state index in [0.29, 0.717) is 6.61 Å². The summed E-state index contributed by atoms with van der Waals surface area (Å²) in [6, 6.07) is 16.8. The number of rotatable bonds is 7. The second kappa shape index (κ2) is 7.82. The number of ether oxygens (including phenoxy) is 1. The molecule has 0 aromatic heterocycles. The summed E-state index contributed by atoms with van der Waals surface area (Å²) < 4.78 is 7.03. The molecule has 0 N–H and O–H groups in total. The summed E-state index contributed by atoms with van der Waals surface area (Å²) in [6.07, 6.45) is 3.68. The summed E-state index contributed by atoms with van der Waals surface area (Å²) >= 11 is 3.60. The van der Waals surface area contributed by atoms with Gasteiger partial charge in [-0.05, 0) is 51.0 Å². The Morgan fingerprint density at radius 3 is 2.45 bits per heavy atom. The highest BCUT2D eigenvalue weighted by atomic mass is 79.9. The Morgan fingerprint density at radius 2 is 1.77 bits per heavy atom. The van der Waals surface area contributed by atoms with Crippen molar-refractivity contribution in [2.24, 2.45) is 0 Å². The quantitative estimate of drug-likeness (QED) is 0.547. The van der Waals surface area contributed by atoms with Crippen LogP contribution in [-0.2, 0) is 12.0 Å². The molecule has 2 heteroatoms. The largest absolute Gasteiger partial charge is 0.488 e. The zero-order valence-electron chi connectivity index (χ0n) is 13.7. The molecule has 0 saturated carbocycles. The Kier molecular flexibility index (Phi) is 6.07. The first-order valence-corrected chi connectivity index (χ1v) is 8.79. The van der Waals surface area contributed by atoms with Crippen LogP contribution in [0.25, 0.3) is 0 Å². The third-order valence-corrected chi connectivity index (χ3v) is 4.76. The van der Waals surface area contributed by atoms with Crippen LogP contribution in [0.3, 0.4) is 0 Å². The minimum absolute atomic E-state index is 0.182.